The number of carbonyl (C=O) groups is 1. The predicted molar refractivity (Wildman–Crippen MR) is 125 cm³/mol. The highest BCUT2D eigenvalue weighted by atomic mass is 16.5. The van der Waals surface area contributed by atoms with Crippen molar-refractivity contribution in [1.29, 1.82) is 0 Å². The van der Waals surface area contributed by atoms with Crippen LogP contribution in [0.25, 0.3) is 10.8 Å². The Labute approximate surface area is 182 Å². The van der Waals surface area contributed by atoms with Crippen molar-refractivity contribution in [3.05, 3.63) is 101 Å². The maximum absolute atomic E-state index is 12.9. The molecule has 0 spiro atoms. The summed E-state index contributed by atoms with van der Waals surface area (Å²) in [7, 11) is 1.62. The van der Waals surface area contributed by atoms with Gasteiger partial charge in [0.15, 0.2) is 0 Å². The molecule has 0 atom stereocenters. The van der Waals surface area contributed by atoms with E-state index in [0.29, 0.717) is 17.9 Å². The molecule has 4 aromatic rings. The number of rotatable bonds is 6. The van der Waals surface area contributed by atoms with Crippen LogP contribution in [0.5, 0.6) is 11.5 Å². The second-order valence-corrected chi connectivity index (χ2v) is 7.55. The van der Waals surface area contributed by atoms with E-state index < -0.39 is 0 Å². The Morgan fingerprint density at radius 3 is 2.32 bits per heavy atom. The molecule has 0 heterocycles. The molecule has 156 valence electrons. The van der Waals surface area contributed by atoms with Crippen LogP contribution in [-0.4, -0.2) is 13.0 Å². The Kier molecular flexibility index (Phi) is 5.89. The number of ether oxygens (including phenoxy) is 2. The number of amides is 1. The summed E-state index contributed by atoms with van der Waals surface area (Å²) in [5.41, 5.74) is 4.27. The van der Waals surface area contributed by atoms with Crippen molar-refractivity contribution in [2.45, 2.75) is 20.5 Å². The second-order valence-electron chi connectivity index (χ2n) is 7.55. The Morgan fingerprint density at radius 1 is 0.839 bits per heavy atom. The lowest BCUT2D eigenvalue weighted by Crippen LogP contribution is -2.14. The average Bonchev–Trinajstić information content (AvgIpc) is 2.79. The lowest BCUT2D eigenvalue weighted by Gasteiger charge is -2.14. The van der Waals surface area contributed by atoms with Crippen molar-refractivity contribution >= 4 is 22.4 Å². The Morgan fingerprint density at radius 2 is 1.58 bits per heavy atom. The molecule has 0 aliphatic rings. The van der Waals surface area contributed by atoms with Gasteiger partial charge in [0.2, 0.25) is 0 Å². The van der Waals surface area contributed by atoms with Crippen LogP contribution in [0.2, 0.25) is 0 Å². The first-order chi connectivity index (χ1) is 15.0. The first-order valence-corrected chi connectivity index (χ1v) is 10.2. The maximum Gasteiger partial charge on any atom is 0.255 e. The number of anilines is 1. The van der Waals surface area contributed by atoms with Crippen molar-refractivity contribution in [3.8, 4) is 11.5 Å². The number of fused-ring (bicyclic) bond motifs is 1. The molecule has 0 unspecified atom stereocenters. The Hall–Kier alpha value is -3.79. The molecule has 31 heavy (non-hydrogen) atoms. The summed E-state index contributed by atoms with van der Waals surface area (Å²) >= 11 is 0. The molecule has 0 bridgehead atoms. The van der Waals surface area contributed by atoms with Crippen molar-refractivity contribution < 1.29 is 14.3 Å². The fourth-order valence-corrected chi connectivity index (χ4v) is 3.65. The summed E-state index contributed by atoms with van der Waals surface area (Å²) in [4.78, 5) is 12.9. The van der Waals surface area contributed by atoms with E-state index in [9.17, 15) is 4.79 Å². The second kappa shape index (κ2) is 8.92. The van der Waals surface area contributed by atoms with Gasteiger partial charge in [0, 0.05) is 16.8 Å². The van der Waals surface area contributed by atoms with Crippen molar-refractivity contribution in [1.82, 2.24) is 0 Å². The van der Waals surface area contributed by atoms with E-state index in [1.54, 1.807) is 19.2 Å². The van der Waals surface area contributed by atoms with Gasteiger partial charge in [-0.3, -0.25) is 4.79 Å². The van der Waals surface area contributed by atoms with Crippen LogP contribution >= 0.6 is 0 Å². The van der Waals surface area contributed by atoms with Crippen LogP contribution in [0.4, 0.5) is 5.69 Å². The van der Waals surface area contributed by atoms with Crippen LogP contribution in [0.1, 0.15) is 27.0 Å². The highest BCUT2D eigenvalue weighted by Gasteiger charge is 2.13. The van der Waals surface area contributed by atoms with Gasteiger partial charge in [-0.15, -0.1) is 0 Å². The van der Waals surface area contributed by atoms with Crippen LogP contribution in [0.3, 0.4) is 0 Å². The highest BCUT2D eigenvalue weighted by molar-refractivity contribution is 6.05. The smallest absolute Gasteiger partial charge is 0.255 e. The third-order valence-corrected chi connectivity index (χ3v) is 5.38. The van der Waals surface area contributed by atoms with Crippen molar-refractivity contribution in [2.75, 3.05) is 12.4 Å². The first kappa shape index (κ1) is 20.5. The SMILES string of the molecule is COc1ccc(C(=O)Nc2c(C)cccc2C)cc1COc1ccc2ccccc2c1. The molecule has 4 nitrogen and oxygen atoms in total. The van der Waals surface area contributed by atoms with Gasteiger partial charge >= 0.3 is 0 Å². The molecule has 0 saturated heterocycles. The van der Waals surface area contributed by atoms with Crippen LogP contribution in [0.15, 0.2) is 78.9 Å². The molecular formula is C27H25NO3. The summed E-state index contributed by atoms with van der Waals surface area (Å²) in [5, 5.41) is 5.32. The summed E-state index contributed by atoms with van der Waals surface area (Å²) in [6.07, 6.45) is 0. The quantitative estimate of drug-likeness (QED) is 0.405. The Bertz CT molecular complexity index is 1230. The van der Waals surface area contributed by atoms with Gasteiger partial charge in [0.05, 0.1) is 7.11 Å². The van der Waals surface area contributed by atoms with Gasteiger partial charge in [-0.05, 0) is 66.1 Å². The number of benzene rings is 4. The molecule has 0 aliphatic carbocycles. The van der Waals surface area contributed by atoms with E-state index in [2.05, 4.69) is 17.4 Å². The number of aryl methyl sites for hydroxylation is 2. The lowest BCUT2D eigenvalue weighted by atomic mass is 10.1. The summed E-state index contributed by atoms with van der Waals surface area (Å²) in [6.45, 7) is 4.27. The van der Waals surface area contributed by atoms with Gasteiger partial charge < -0.3 is 14.8 Å². The molecule has 0 fully saturated rings. The molecule has 1 amide bonds. The maximum atomic E-state index is 12.9. The number of hydrogen-bond acceptors (Lipinski definition) is 3. The fraction of sp³-hybridized carbons (Fsp3) is 0.148. The molecule has 0 radical (unpaired) electrons. The summed E-state index contributed by atoms with van der Waals surface area (Å²) in [5.74, 6) is 1.29. The van der Waals surface area contributed by atoms with E-state index >= 15 is 0 Å². The van der Waals surface area contributed by atoms with Gasteiger partial charge in [0.1, 0.15) is 18.1 Å². The fourth-order valence-electron chi connectivity index (χ4n) is 3.65. The molecule has 1 N–H and O–H groups in total. The normalized spacial score (nSPS) is 10.7. The number of hydrogen-bond donors (Lipinski definition) is 1. The molecule has 4 heteroatoms. The highest BCUT2D eigenvalue weighted by Crippen LogP contribution is 2.26. The van der Waals surface area contributed by atoms with Crippen LogP contribution in [0, 0.1) is 13.8 Å². The van der Waals surface area contributed by atoms with E-state index in [0.717, 1.165) is 38.9 Å². The molecular weight excluding hydrogens is 386 g/mol. The van der Waals surface area contributed by atoms with Crippen LogP contribution in [-0.2, 0) is 6.61 Å². The van der Waals surface area contributed by atoms with Gasteiger partial charge in [-0.25, -0.2) is 0 Å². The zero-order chi connectivity index (χ0) is 21.8. The molecule has 0 aliphatic heterocycles. The van der Waals surface area contributed by atoms with Crippen molar-refractivity contribution in [2.24, 2.45) is 0 Å². The van der Waals surface area contributed by atoms with Gasteiger partial charge in [0.25, 0.3) is 5.91 Å². The average molecular weight is 412 g/mol. The summed E-state index contributed by atoms with van der Waals surface area (Å²) in [6, 6.07) is 25.5. The monoisotopic (exact) mass is 411 g/mol. The van der Waals surface area contributed by atoms with E-state index in [-0.39, 0.29) is 5.91 Å². The molecule has 4 aromatic carbocycles. The van der Waals surface area contributed by atoms with E-state index in [4.69, 9.17) is 9.47 Å². The minimum Gasteiger partial charge on any atom is -0.496 e. The minimum atomic E-state index is -0.160. The lowest BCUT2D eigenvalue weighted by molar-refractivity contribution is 0.102. The molecule has 4 rings (SSSR count). The number of nitrogens with one attached hydrogen (secondary N) is 1. The zero-order valence-electron chi connectivity index (χ0n) is 17.9. The van der Waals surface area contributed by atoms with E-state index in [1.807, 2.05) is 68.4 Å². The molecule has 0 aromatic heterocycles. The number of para-hydroxylation sites is 1. The standard InChI is InChI=1S/C27H25NO3/c1-18-7-6-8-19(2)26(18)28-27(29)22-12-14-25(30-3)23(15-22)17-31-24-13-11-20-9-4-5-10-21(20)16-24/h4-16H,17H2,1-3H3,(H,28,29). The van der Waals surface area contributed by atoms with Gasteiger partial charge in [-0.2, -0.15) is 0 Å². The predicted octanol–water partition coefficient (Wildman–Crippen LogP) is 6.30. The van der Waals surface area contributed by atoms with E-state index in [1.165, 1.54) is 0 Å². The topological polar surface area (TPSA) is 47.6 Å². The third kappa shape index (κ3) is 4.53. The largest absolute Gasteiger partial charge is 0.496 e. The zero-order valence-corrected chi connectivity index (χ0v) is 17.9. The number of carbonyl (C=O) groups excluding carboxylic acids is 1. The van der Waals surface area contributed by atoms with Crippen molar-refractivity contribution in [3.63, 3.8) is 0 Å². The Balaban J connectivity index is 1.54. The first-order valence-electron chi connectivity index (χ1n) is 10.2. The minimum absolute atomic E-state index is 0.160. The van der Waals surface area contributed by atoms with Gasteiger partial charge in [-0.1, -0.05) is 48.5 Å². The third-order valence-electron chi connectivity index (χ3n) is 5.38. The van der Waals surface area contributed by atoms with Crippen LogP contribution < -0.4 is 14.8 Å². The number of methoxy groups -OCH3 is 1. The summed E-state index contributed by atoms with van der Waals surface area (Å²) < 4.78 is 11.5. The molecule has 0 saturated carbocycles.